The summed E-state index contributed by atoms with van der Waals surface area (Å²) in [5.41, 5.74) is 3.40. The Morgan fingerprint density at radius 2 is 1.76 bits per heavy atom. The number of hydrogen-bond donors (Lipinski definition) is 4. The first-order chi connectivity index (χ1) is 16.6. The molecule has 6 aromatic rings. The fourth-order valence-electron chi connectivity index (χ4n) is 4.68. The van der Waals surface area contributed by atoms with Crippen molar-refractivity contribution in [3.8, 4) is 0 Å². The van der Waals surface area contributed by atoms with Crippen LogP contribution in [-0.2, 0) is 0 Å². The second kappa shape index (κ2) is 6.98. The third-order valence-electron chi connectivity index (χ3n) is 6.53. The molecule has 1 fully saturated rings. The van der Waals surface area contributed by atoms with Gasteiger partial charge in [0.25, 0.3) is 5.56 Å². The molecule has 8 nitrogen and oxygen atoms in total. The highest BCUT2D eigenvalue weighted by Gasteiger charge is 2.42. The zero-order chi connectivity index (χ0) is 22.8. The lowest BCUT2D eigenvalue weighted by molar-refractivity contribution is 0.630. The maximum absolute atomic E-state index is 13.9. The molecular weight excluding hydrogens is 433 g/mol. The zero-order valence-electron chi connectivity index (χ0n) is 17.8. The van der Waals surface area contributed by atoms with E-state index in [9.17, 15) is 9.18 Å². The minimum atomic E-state index is -0.327. The smallest absolute Gasteiger partial charge is 0.271 e. The van der Waals surface area contributed by atoms with E-state index in [0.29, 0.717) is 22.4 Å². The van der Waals surface area contributed by atoms with Crippen LogP contribution in [0.3, 0.4) is 0 Å². The number of fused-ring (bicyclic) bond motifs is 3. The Morgan fingerprint density at radius 3 is 2.71 bits per heavy atom. The van der Waals surface area contributed by atoms with Gasteiger partial charge in [-0.25, -0.2) is 14.4 Å². The molecule has 0 bridgehead atoms. The minimum Gasteiger partial charge on any atom is -0.322 e. The van der Waals surface area contributed by atoms with Crippen molar-refractivity contribution in [3.05, 3.63) is 88.2 Å². The number of aromatic amines is 3. The highest BCUT2D eigenvalue weighted by Crippen LogP contribution is 2.54. The molecule has 3 aromatic heterocycles. The molecule has 34 heavy (non-hydrogen) atoms. The van der Waals surface area contributed by atoms with E-state index >= 15 is 0 Å². The number of para-hydroxylation sites is 1. The maximum Gasteiger partial charge on any atom is 0.271 e. The summed E-state index contributed by atoms with van der Waals surface area (Å²) in [6, 6.07) is 18.2. The number of anilines is 2. The topological polar surface area (TPSA) is 115 Å². The second-order valence-electron chi connectivity index (χ2n) is 8.67. The van der Waals surface area contributed by atoms with Crippen molar-refractivity contribution in [2.45, 2.75) is 18.3 Å². The van der Waals surface area contributed by atoms with E-state index < -0.39 is 0 Å². The molecule has 0 spiro atoms. The largest absolute Gasteiger partial charge is 0.322 e. The molecule has 2 unspecified atom stereocenters. The van der Waals surface area contributed by atoms with Gasteiger partial charge in [-0.15, -0.1) is 0 Å². The van der Waals surface area contributed by atoms with Gasteiger partial charge in [0.15, 0.2) is 5.82 Å². The van der Waals surface area contributed by atoms with Crippen molar-refractivity contribution in [1.82, 2.24) is 30.4 Å². The summed E-state index contributed by atoms with van der Waals surface area (Å²) < 4.78 is 13.9. The molecule has 0 aliphatic heterocycles. The van der Waals surface area contributed by atoms with Gasteiger partial charge in [0.2, 0.25) is 0 Å². The first kappa shape index (κ1) is 19.0. The normalized spacial score (nSPS) is 17.6. The molecule has 3 aromatic carbocycles. The number of rotatable bonds is 4. The molecule has 0 saturated heterocycles. The average molecular weight is 451 g/mol. The zero-order valence-corrected chi connectivity index (χ0v) is 17.8. The molecule has 1 aliphatic rings. The Balaban J connectivity index is 1.27. The van der Waals surface area contributed by atoms with E-state index in [1.165, 1.54) is 12.1 Å². The SMILES string of the molecule is O=c1[nH][nH]c2cc(C3CC3c3nc(Nc4n[nH]c5ccc(F)cc45)c4ccccc4n3)ccc12. The van der Waals surface area contributed by atoms with Crippen LogP contribution in [0.15, 0.2) is 65.5 Å². The van der Waals surface area contributed by atoms with Crippen LogP contribution in [0.5, 0.6) is 0 Å². The molecule has 9 heteroatoms. The van der Waals surface area contributed by atoms with Crippen molar-refractivity contribution >= 4 is 44.3 Å². The first-order valence-corrected chi connectivity index (χ1v) is 11.0. The molecule has 166 valence electrons. The summed E-state index contributed by atoms with van der Waals surface area (Å²) in [6.07, 6.45) is 0.925. The fourth-order valence-corrected chi connectivity index (χ4v) is 4.68. The standard InChI is InChI=1S/C25H18FN7O/c26-13-6-8-20-18(10-13)24(32-30-20)29-22-14-3-1-2-4-19(14)27-23(28-22)17-11-16(17)12-5-7-15-21(9-12)31-33-25(15)34/h1-10,16-17H,11H2,(H2,31,33,34)(H2,27,28,29,30,32). The van der Waals surface area contributed by atoms with Crippen LogP contribution in [0.25, 0.3) is 32.7 Å². The minimum absolute atomic E-state index is 0.117. The molecule has 2 atom stereocenters. The van der Waals surface area contributed by atoms with Crippen LogP contribution in [-0.4, -0.2) is 30.4 Å². The van der Waals surface area contributed by atoms with Crippen LogP contribution in [0.2, 0.25) is 0 Å². The molecule has 1 saturated carbocycles. The van der Waals surface area contributed by atoms with Gasteiger partial charge in [0.1, 0.15) is 17.5 Å². The predicted octanol–water partition coefficient (Wildman–Crippen LogP) is 4.83. The Bertz CT molecular complexity index is 1780. The highest BCUT2D eigenvalue weighted by atomic mass is 19.1. The van der Waals surface area contributed by atoms with E-state index in [2.05, 4.69) is 25.7 Å². The number of aromatic nitrogens is 6. The summed E-state index contributed by atoms with van der Waals surface area (Å²) in [6.45, 7) is 0. The molecule has 0 radical (unpaired) electrons. The number of nitrogens with zero attached hydrogens (tertiary/aromatic N) is 3. The van der Waals surface area contributed by atoms with Gasteiger partial charge in [0, 0.05) is 16.7 Å². The van der Waals surface area contributed by atoms with Crippen LogP contribution < -0.4 is 10.9 Å². The number of H-pyrrole nitrogens is 3. The van der Waals surface area contributed by atoms with Gasteiger partial charge in [-0.2, -0.15) is 5.10 Å². The van der Waals surface area contributed by atoms with E-state index in [1.54, 1.807) is 6.07 Å². The van der Waals surface area contributed by atoms with Crippen molar-refractivity contribution in [2.24, 2.45) is 0 Å². The lowest BCUT2D eigenvalue weighted by atomic mass is 10.1. The Kier molecular flexibility index (Phi) is 3.90. The van der Waals surface area contributed by atoms with Crippen molar-refractivity contribution in [3.63, 3.8) is 0 Å². The van der Waals surface area contributed by atoms with E-state index in [0.717, 1.165) is 39.7 Å². The number of nitrogens with one attached hydrogen (secondary N) is 4. The van der Waals surface area contributed by atoms with E-state index in [1.807, 2.05) is 42.5 Å². The molecular formula is C25H18FN7O. The van der Waals surface area contributed by atoms with Gasteiger partial charge >= 0.3 is 0 Å². The number of benzene rings is 3. The Hall–Kier alpha value is -4.53. The molecule has 1 aliphatic carbocycles. The summed E-state index contributed by atoms with van der Waals surface area (Å²) >= 11 is 0. The number of hydrogen-bond acceptors (Lipinski definition) is 5. The highest BCUT2D eigenvalue weighted by molar-refractivity contribution is 5.96. The van der Waals surface area contributed by atoms with Crippen LogP contribution in [0.4, 0.5) is 16.0 Å². The predicted molar refractivity (Wildman–Crippen MR) is 128 cm³/mol. The quantitative estimate of drug-likeness (QED) is 0.306. The van der Waals surface area contributed by atoms with Gasteiger partial charge < -0.3 is 5.32 Å². The van der Waals surface area contributed by atoms with Gasteiger partial charge in [-0.3, -0.25) is 20.1 Å². The Morgan fingerprint density at radius 1 is 0.853 bits per heavy atom. The maximum atomic E-state index is 13.9. The van der Waals surface area contributed by atoms with Gasteiger partial charge in [-0.05, 0) is 60.4 Å². The summed E-state index contributed by atoms with van der Waals surface area (Å²) in [4.78, 5) is 21.5. The van der Waals surface area contributed by atoms with Crippen molar-refractivity contribution in [1.29, 1.82) is 0 Å². The van der Waals surface area contributed by atoms with E-state index in [4.69, 9.17) is 9.97 Å². The molecule has 0 amide bonds. The lowest BCUT2D eigenvalue weighted by Gasteiger charge is -2.10. The average Bonchev–Trinajstić information content (AvgIpc) is 3.45. The van der Waals surface area contributed by atoms with Gasteiger partial charge in [0.05, 0.1) is 21.9 Å². The lowest BCUT2D eigenvalue weighted by Crippen LogP contribution is -2.02. The fraction of sp³-hybridized carbons (Fsp3) is 0.120. The third kappa shape index (κ3) is 2.97. The number of halogens is 1. The van der Waals surface area contributed by atoms with Crippen LogP contribution >= 0.6 is 0 Å². The van der Waals surface area contributed by atoms with Crippen LogP contribution in [0, 0.1) is 5.82 Å². The van der Waals surface area contributed by atoms with Crippen LogP contribution in [0.1, 0.15) is 29.6 Å². The molecule has 7 rings (SSSR count). The second-order valence-corrected chi connectivity index (χ2v) is 8.67. The first-order valence-electron chi connectivity index (χ1n) is 11.0. The summed E-state index contributed by atoms with van der Waals surface area (Å²) in [5, 5.41) is 18.3. The Labute approximate surface area is 191 Å². The summed E-state index contributed by atoms with van der Waals surface area (Å²) in [5.74, 6) is 2.01. The van der Waals surface area contributed by atoms with E-state index in [-0.39, 0.29) is 23.2 Å². The van der Waals surface area contributed by atoms with Gasteiger partial charge in [-0.1, -0.05) is 18.2 Å². The van der Waals surface area contributed by atoms with Crippen molar-refractivity contribution < 1.29 is 4.39 Å². The third-order valence-corrected chi connectivity index (χ3v) is 6.53. The molecule has 3 heterocycles. The monoisotopic (exact) mass is 451 g/mol. The summed E-state index contributed by atoms with van der Waals surface area (Å²) in [7, 11) is 0. The molecule has 4 N–H and O–H groups in total. The van der Waals surface area contributed by atoms with Crippen molar-refractivity contribution in [2.75, 3.05) is 5.32 Å².